The van der Waals surface area contributed by atoms with Gasteiger partial charge in [-0.05, 0) is 23.6 Å². The molecule has 1 aromatic carbocycles. The Morgan fingerprint density at radius 3 is 2.75 bits per heavy atom. The van der Waals surface area contributed by atoms with Crippen molar-refractivity contribution in [1.82, 2.24) is 0 Å². The maximum atomic E-state index is 8.89. The maximum Gasteiger partial charge on any atom is 0.128 e. The third kappa shape index (κ3) is 1.80. The normalized spacial score (nSPS) is 10.0. The summed E-state index contributed by atoms with van der Waals surface area (Å²) in [5.74, 6) is 0. The van der Waals surface area contributed by atoms with Crippen molar-refractivity contribution in [2.75, 3.05) is 5.73 Å². The van der Waals surface area contributed by atoms with E-state index in [-0.39, 0.29) is 0 Å². The van der Waals surface area contributed by atoms with Crippen LogP contribution in [-0.2, 0) is 6.42 Å². The van der Waals surface area contributed by atoms with Crippen molar-refractivity contribution in [3.63, 3.8) is 0 Å². The maximum absolute atomic E-state index is 8.89. The molecule has 16 heavy (non-hydrogen) atoms. The minimum Gasteiger partial charge on any atom is -0.397 e. The van der Waals surface area contributed by atoms with Gasteiger partial charge in [0.25, 0.3) is 0 Å². The quantitative estimate of drug-likeness (QED) is 0.856. The van der Waals surface area contributed by atoms with E-state index in [1.807, 2.05) is 18.2 Å². The second kappa shape index (κ2) is 4.38. The Morgan fingerprint density at radius 2 is 2.12 bits per heavy atom. The Kier molecular flexibility index (Phi) is 2.93. The SMILES string of the molecule is CCc1ccccc1-c1cc(N)c(C#N)s1. The van der Waals surface area contributed by atoms with Crippen LogP contribution in [0.1, 0.15) is 17.4 Å². The molecule has 1 heterocycles. The van der Waals surface area contributed by atoms with Gasteiger partial charge >= 0.3 is 0 Å². The number of rotatable bonds is 2. The molecule has 0 aliphatic rings. The summed E-state index contributed by atoms with van der Waals surface area (Å²) in [6, 6.07) is 12.2. The number of thiophene rings is 1. The fourth-order valence-corrected chi connectivity index (χ4v) is 2.63. The Labute approximate surface area is 99.0 Å². The summed E-state index contributed by atoms with van der Waals surface area (Å²) in [5.41, 5.74) is 8.81. The molecule has 3 heteroatoms. The first-order valence-electron chi connectivity index (χ1n) is 5.14. The standard InChI is InChI=1S/C13H12N2S/c1-2-9-5-3-4-6-10(9)12-7-11(15)13(8-14)16-12/h3-7H,2,15H2,1H3. The molecule has 0 amide bonds. The Balaban J connectivity index is 2.55. The lowest BCUT2D eigenvalue weighted by Gasteiger charge is -2.04. The average Bonchev–Trinajstić information content (AvgIpc) is 2.70. The minimum atomic E-state index is 0.577. The molecular formula is C13H12N2S. The van der Waals surface area contributed by atoms with Crippen LogP contribution in [0.4, 0.5) is 5.69 Å². The predicted octanol–water partition coefficient (Wildman–Crippen LogP) is 3.43. The van der Waals surface area contributed by atoms with Crippen LogP contribution in [0.25, 0.3) is 10.4 Å². The van der Waals surface area contributed by atoms with E-state index in [0.29, 0.717) is 10.6 Å². The molecule has 0 saturated carbocycles. The lowest BCUT2D eigenvalue weighted by atomic mass is 10.0. The molecule has 0 aliphatic carbocycles. The van der Waals surface area contributed by atoms with Crippen molar-refractivity contribution in [2.24, 2.45) is 0 Å². The second-order valence-corrected chi connectivity index (χ2v) is 4.57. The molecule has 2 aromatic rings. The average molecular weight is 228 g/mol. The Morgan fingerprint density at radius 1 is 1.38 bits per heavy atom. The first-order chi connectivity index (χ1) is 7.76. The van der Waals surface area contributed by atoms with Crippen molar-refractivity contribution in [3.05, 3.63) is 40.8 Å². The van der Waals surface area contributed by atoms with Crippen LogP contribution >= 0.6 is 11.3 Å². The van der Waals surface area contributed by atoms with Gasteiger partial charge in [0, 0.05) is 4.88 Å². The van der Waals surface area contributed by atoms with Crippen LogP contribution in [0.5, 0.6) is 0 Å². The molecule has 0 fully saturated rings. The van der Waals surface area contributed by atoms with Crippen LogP contribution in [-0.4, -0.2) is 0 Å². The van der Waals surface area contributed by atoms with Crippen LogP contribution in [0.3, 0.4) is 0 Å². The van der Waals surface area contributed by atoms with Gasteiger partial charge in [-0.2, -0.15) is 5.26 Å². The summed E-state index contributed by atoms with van der Waals surface area (Å²) >= 11 is 1.46. The largest absolute Gasteiger partial charge is 0.397 e. The fourth-order valence-electron chi connectivity index (χ4n) is 1.69. The van der Waals surface area contributed by atoms with Crippen LogP contribution < -0.4 is 5.73 Å². The first kappa shape index (κ1) is 10.7. The third-order valence-corrected chi connectivity index (χ3v) is 3.61. The van der Waals surface area contributed by atoms with E-state index in [9.17, 15) is 0 Å². The van der Waals surface area contributed by atoms with E-state index < -0.39 is 0 Å². The highest BCUT2D eigenvalue weighted by molar-refractivity contribution is 7.16. The van der Waals surface area contributed by atoms with Gasteiger partial charge in [0.15, 0.2) is 0 Å². The highest BCUT2D eigenvalue weighted by Gasteiger charge is 2.09. The van der Waals surface area contributed by atoms with Crippen LogP contribution in [0.2, 0.25) is 0 Å². The highest BCUT2D eigenvalue weighted by atomic mass is 32.1. The van der Waals surface area contributed by atoms with E-state index in [0.717, 1.165) is 11.3 Å². The zero-order valence-corrected chi connectivity index (χ0v) is 9.84. The van der Waals surface area contributed by atoms with Crippen molar-refractivity contribution in [1.29, 1.82) is 5.26 Å². The van der Waals surface area contributed by atoms with E-state index in [2.05, 4.69) is 25.1 Å². The van der Waals surface area contributed by atoms with Gasteiger partial charge in [0.2, 0.25) is 0 Å². The van der Waals surface area contributed by atoms with Gasteiger partial charge in [-0.15, -0.1) is 11.3 Å². The summed E-state index contributed by atoms with van der Waals surface area (Å²) in [4.78, 5) is 1.67. The van der Waals surface area contributed by atoms with E-state index >= 15 is 0 Å². The lowest BCUT2D eigenvalue weighted by molar-refractivity contribution is 1.14. The Bertz CT molecular complexity index is 549. The third-order valence-electron chi connectivity index (χ3n) is 2.53. The monoisotopic (exact) mass is 228 g/mol. The number of anilines is 1. The van der Waals surface area contributed by atoms with Gasteiger partial charge in [-0.3, -0.25) is 0 Å². The predicted molar refractivity (Wildman–Crippen MR) is 68.3 cm³/mol. The molecule has 0 unspecified atom stereocenters. The number of benzene rings is 1. The van der Waals surface area contributed by atoms with E-state index in [1.165, 1.54) is 22.5 Å². The molecule has 2 N–H and O–H groups in total. The molecule has 0 saturated heterocycles. The van der Waals surface area contributed by atoms with Crippen molar-refractivity contribution in [2.45, 2.75) is 13.3 Å². The summed E-state index contributed by atoms with van der Waals surface area (Å²) in [6.45, 7) is 2.13. The molecule has 0 aliphatic heterocycles. The van der Waals surface area contributed by atoms with Gasteiger partial charge in [-0.1, -0.05) is 31.2 Å². The number of hydrogen-bond donors (Lipinski definition) is 1. The van der Waals surface area contributed by atoms with Crippen molar-refractivity contribution < 1.29 is 0 Å². The topological polar surface area (TPSA) is 49.8 Å². The molecule has 0 atom stereocenters. The number of nitrogens with two attached hydrogens (primary N) is 1. The zero-order valence-electron chi connectivity index (χ0n) is 9.03. The molecule has 80 valence electrons. The summed E-state index contributed by atoms with van der Waals surface area (Å²) in [5, 5.41) is 8.89. The molecule has 0 bridgehead atoms. The minimum absolute atomic E-state index is 0.577. The molecule has 0 spiro atoms. The number of aryl methyl sites for hydroxylation is 1. The van der Waals surface area contributed by atoms with Gasteiger partial charge in [0.1, 0.15) is 10.9 Å². The second-order valence-electron chi connectivity index (χ2n) is 3.52. The summed E-state index contributed by atoms with van der Waals surface area (Å²) in [6.07, 6.45) is 0.982. The summed E-state index contributed by atoms with van der Waals surface area (Å²) < 4.78 is 0. The van der Waals surface area contributed by atoms with Crippen molar-refractivity contribution >= 4 is 17.0 Å². The molecular weight excluding hydrogens is 216 g/mol. The van der Waals surface area contributed by atoms with E-state index in [4.69, 9.17) is 11.0 Å². The van der Waals surface area contributed by atoms with Crippen LogP contribution in [0, 0.1) is 11.3 Å². The van der Waals surface area contributed by atoms with Gasteiger partial charge in [-0.25, -0.2) is 0 Å². The highest BCUT2D eigenvalue weighted by Crippen LogP contribution is 2.34. The number of hydrogen-bond acceptors (Lipinski definition) is 3. The van der Waals surface area contributed by atoms with Gasteiger partial charge < -0.3 is 5.73 Å². The molecule has 0 radical (unpaired) electrons. The fraction of sp³-hybridized carbons (Fsp3) is 0.154. The first-order valence-corrected chi connectivity index (χ1v) is 5.95. The smallest absolute Gasteiger partial charge is 0.128 e. The lowest BCUT2D eigenvalue weighted by Crippen LogP contribution is -1.84. The Hall–Kier alpha value is -1.79. The molecule has 2 rings (SSSR count). The van der Waals surface area contributed by atoms with Gasteiger partial charge in [0.05, 0.1) is 5.69 Å². The molecule has 1 aromatic heterocycles. The van der Waals surface area contributed by atoms with Crippen molar-refractivity contribution in [3.8, 4) is 16.5 Å². The number of nitrogen functional groups attached to an aromatic ring is 1. The zero-order chi connectivity index (χ0) is 11.5. The summed E-state index contributed by atoms with van der Waals surface area (Å²) in [7, 11) is 0. The number of nitriles is 1. The molecule has 2 nitrogen and oxygen atoms in total. The van der Waals surface area contributed by atoms with E-state index in [1.54, 1.807) is 0 Å². The number of nitrogens with zero attached hydrogens (tertiary/aromatic N) is 1. The van der Waals surface area contributed by atoms with Crippen LogP contribution in [0.15, 0.2) is 30.3 Å².